The second-order valence-electron chi connectivity index (χ2n) is 3.38. The molecule has 0 aromatic carbocycles. The number of aryl methyl sites for hydroxylation is 1. The average Bonchev–Trinajstić information content (AvgIpc) is 2.14. The molecule has 0 aliphatic carbocycles. The molecule has 0 amide bonds. The minimum Gasteiger partial charge on any atom is -0.467 e. The molecule has 0 fully saturated rings. The van der Waals surface area contributed by atoms with Gasteiger partial charge in [-0.15, -0.1) is 0 Å². The van der Waals surface area contributed by atoms with E-state index in [0.29, 0.717) is 11.4 Å². The lowest BCUT2D eigenvalue weighted by molar-refractivity contribution is -0.154. The Balaban J connectivity index is 2.76. The Hall–Kier alpha value is -1.37. The Kier molecular flexibility index (Phi) is 3.69. The largest absolute Gasteiger partial charge is 0.467 e. The van der Waals surface area contributed by atoms with Gasteiger partial charge < -0.3 is 10.5 Å². The van der Waals surface area contributed by atoms with Gasteiger partial charge in [-0.2, -0.15) is 13.2 Å². The smallest absolute Gasteiger partial charge is 0.422 e. The Labute approximate surface area is 90.6 Å². The van der Waals surface area contributed by atoms with E-state index in [9.17, 15) is 13.2 Å². The third-order valence-corrected chi connectivity index (χ3v) is 1.76. The number of nitrogens with zero attached hydrogens (tertiary/aromatic N) is 2. The first-order valence-electron chi connectivity index (χ1n) is 4.58. The van der Waals surface area contributed by atoms with Crippen LogP contribution in [0.25, 0.3) is 0 Å². The van der Waals surface area contributed by atoms with Crippen molar-refractivity contribution in [3.8, 4) is 5.88 Å². The lowest BCUT2D eigenvalue weighted by atomic mass is 10.2. The van der Waals surface area contributed by atoms with Crippen molar-refractivity contribution in [1.82, 2.24) is 9.97 Å². The summed E-state index contributed by atoms with van der Waals surface area (Å²) in [6.45, 7) is 1.85. The van der Waals surface area contributed by atoms with Crippen molar-refractivity contribution in [3.63, 3.8) is 0 Å². The normalized spacial score (nSPS) is 13.6. The van der Waals surface area contributed by atoms with Gasteiger partial charge in [-0.3, -0.25) is 0 Å². The predicted octanol–water partition coefficient (Wildman–Crippen LogP) is 1.75. The molecule has 1 aromatic heterocycles. The van der Waals surface area contributed by atoms with E-state index in [1.165, 1.54) is 13.1 Å². The zero-order valence-electron chi connectivity index (χ0n) is 8.88. The molecule has 2 N–H and O–H groups in total. The van der Waals surface area contributed by atoms with Crippen molar-refractivity contribution < 1.29 is 17.9 Å². The summed E-state index contributed by atoms with van der Waals surface area (Å²) in [5.41, 5.74) is 6.35. The Morgan fingerprint density at radius 3 is 2.56 bits per heavy atom. The number of aromatic nitrogens is 2. The molecule has 0 aliphatic rings. The molecule has 1 heterocycles. The summed E-state index contributed by atoms with van der Waals surface area (Å²) in [5.74, 6) is -0.123. The van der Waals surface area contributed by atoms with Crippen molar-refractivity contribution in [1.29, 1.82) is 0 Å². The number of hydrogen-bond acceptors (Lipinski definition) is 4. The third-order valence-electron chi connectivity index (χ3n) is 1.76. The number of alkyl halides is 3. The van der Waals surface area contributed by atoms with E-state index in [2.05, 4.69) is 14.7 Å². The van der Waals surface area contributed by atoms with Crippen LogP contribution in [0.3, 0.4) is 0 Å². The minimum atomic E-state index is -4.38. The van der Waals surface area contributed by atoms with Crippen LogP contribution in [-0.4, -0.2) is 22.8 Å². The van der Waals surface area contributed by atoms with Gasteiger partial charge in [0.1, 0.15) is 0 Å². The van der Waals surface area contributed by atoms with Gasteiger partial charge in [0.2, 0.25) is 5.88 Å². The summed E-state index contributed by atoms with van der Waals surface area (Å²) in [5, 5.41) is 0. The first-order chi connectivity index (χ1) is 7.29. The van der Waals surface area contributed by atoms with Crippen LogP contribution in [0, 0.1) is 6.92 Å². The highest BCUT2D eigenvalue weighted by Gasteiger charge is 2.29. The Bertz CT molecular complexity index is 366. The highest BCUT2D eigenvalue weighted by molar-refractivity contribution is 5.19. The van der Waals surface area contributed by atoms with Crippen molar-refractivity contribution in [3.05, 3.63) is 17.6 Å². The molecule has 4 nitrogen and oxygen atoms in total. The standard InChI is InChI=1S/C9H12F3N3O/c1-5(13)7-3-14-8(6(2)15-7)16-4-9(10,11)12/h3,5H,4,13H2,1-2H3. The molecule has 1 rings (SSSR count). The molecule has 0 aliphatic heterocycles. The zero-order chi connectivity index (χ0) is 12.3. The minimum absolute atomic E-state index is 0.123. The van der Waals surface area contributed by atoms with Gasteiger partial charge in [0.05, 0.1) is 17.6 Å². The fourth-order valence-corrected chi connectivity index (χ4v) is 1.000. The fraction of sp³-hybridized carbons (Fsp3) is 0.556. The summed E-state index contributed by atoms with van der Waals surface area (Å²) in [7, 11) is 0. The molecule has 0 saturated heterocycles. The summed E-state index contributed by atoms with van der Waals surface area (Å²) in [6, 6.07) is -0.317. The van der Waals surface area contributed by atoms with Crippen LogP contribution in [0.1, 0.15) is 24.4 Å². The highest BCUT2D eigenvalue weighted by atomic mass is 19.4. The number of halogens is 3. The molecule has 0 saturated carbocycles. The molecule has 0 spiro atoms. The van der Waals surface area contributed by atoms with E-state index in [1.807, 2.05) is 0 Å². The average molecular weight is 235 g/mol. The van der Waals surface area contributed by atoms with E-state index in [1.54, 1.807) is 6.92 Å². The van der Waals surface area contributed by atoms with Gasteiger partial charge in [-0.05, 0) is 13.8 Å². The topological polar surface area (TPSA) is 61.0 Å². The first kappa shape index (κ1) is 12.7. The lowest BCUT2D eigenvalue weighted by Crippen LogP contribution is -2.20. The second-order valence-corrected chi connectivity index (χ2v) is 3.38. The Morgan fingerprint density at radius 2 is 2.12 bits per heavy atom. The van der Waals surface area contributed by atoms with Gasteiger partial charge in [0.15, 0.2) is 6.61 Å². The number of nitrogens with two attached hydrogens (primary N) is 1. The molecule has 1 aromatic rings. The molecule has 1 unspecified atom stereocenters. The van der Waals surface area contributed by atoms with Crippen molar-refractivity contribution in [2.45, 2.75) is 26.1 Å². The van der Waals surface area contributed by atoms with Gasteiger partial charge in [-0.1, -0.05) is 0 Å². The maximum absolute atomic E-state index is 11.9. The summed E-state index contributed by atoms with van der Waals surface area (Å²) >= 11 is 0. The summed E-state index contributed by atoms with van der Waals surface area (Å²) in [6.07, 6.45) is -3.07. The van der Waals surface area contributed by atoms with Crippen LogP contribution < -0.4 is 10.5 Å². The van der Waals surface area contributed by atoms with E-state index in [-0.39, 0.29) is 11.9 Å². The lowest BCUT2D eigenvalue weighted by Gasteiger charge is -2.11. The molecule has 0 bridgehead atoms. The van der Waals surface area contributed by atoms with Crippen LogP contribution in [0.2, 0.25) is 0 Å². The fourth-order valence-electron chi connectivity index (χ4n) is 1.000. The van der Waals surface area contributed by atoms with Crippen LogP contribution in [-0.2, 0) is 0 Å². The van der Waals surface area contributed by atoms with Crippen molar-refractivity contribution in [2.24, 2.45) is 5.73 Å². The second kappa shape index (κ2) is 4.65. The predicted molar refractivity (Wildman–Crippen MR) is 50.9 cm³/mol. The molecule has 1 atom stereocenters. The van der Waals surface area contributed by atoms with E-state index in [0.717, 1.165) is 0 Å². The van der Waals surface area contributed by atoms with Crippen LogP contribution in [0.5, 0.6) is 5.88 Å². The molecule has 90 valence electrons. The van der Waals surface area contributed by atoms with E-state index >= 15 is 0 Å². The number of hydrogen-bond donors (Lipinski definition) is 1. The first-order valence-corrected chi connectivity index (χ1v) is 4.58. The van der Waals surface area contributed by atoms with E-state index in [4.69, 9.17) is 5.73 Å². The molecule has 0 radical (unpaired) electrons. The zero-order valence-corrected chi connectivity index (χ0v) is 8.88. The molecule has 16 heavy (non-hydrogen) atoms. The van der Waals surface area contributed by atoms with Gasteiger partial charge in [0.25, 0.3) is 0 Å². The van der Waals surface area contributed by atoms with Crippen LogP contribution >= 0.6 is 0 Å². The van der Waals surface area contributed by atoms with Crippen LogP contribution in [0.4, 0.5) is 13.2 Å². The number of ether oxygens (including phenoxy) is 1. The number of rotatable bonds is 3. The van der Waals surface area contributed by atoms with Crippen molar-refractivity contribution in [2.75, 3.05) is 6.61 Å². The molecular weight excluding hydrogens is 223 g/mol. The summed E-state index contributed by atoms with van der Waals surface area (Å²) in [4.78, 5) is 7.73. The summed E-state index contributed by atoms with van der Waals surface area (Å²) < 4.78 is 40.2. The van der Waals surface area contributed by atoms with Gasteiger partial charge in [0, 0.05) is 6.04 Å². The Morgan fingerprint density at radius 1 is 1.50 bits per heavy atom. The molecular formula is C9H12F3N3O. The quantitative estimate of drug-likeness (QED) is 0.866. The maximum Gasteiger partial charge on any atom is 0.422 e. The third kappa shape index (κ3) is 3.65. The van der Waals surface area contributed by atoms with Crippen LogP contribution in [0.15, 0.2) is 6.20 Å². The van der Waals surface area contributed by atoms with Gasteiger partial charge in [-0.25, -0.2) is 9.97 Å². The highest BCUT2D eigenvalue weighted by Crippen LogP contribution is 2.19. The maximum atomic E-state index is 11.9. The SMILES string of the molecule is Cc1nc(C(C)N)cnc1OCC(F)(F)F. The van der Waals surface area contributed by atoms with Crippen molar-refractivity contribution >= 4 is 0 Å². The molecule has 7 heteroatoms. The van der Waals surface area contributed by atoms with Gasteiger partial charge >= 0.3 is 6.18 Å². The van der Waals surface area contributed by atoms with E-state index < -0.39 is 12.8 Å². The monoisotopic (exact) mass is 235 g/mol.